The fourth-order valence-corrected chi connectivity index (χ4v) is 4.38. The highest BCUT2D eigenvalue weighted by atomic mass is 16.5. The van der Waals surface area contributed by atoms with E-state index in [1.54, 1.807) is 24.1 Å². The number of carbonyl (C=O) groups excluding carboxylic acids is 2. The van der Waals surface area contributed by atoms with E-state index in [-0.39, 0.29) is 23.7 Å². The highest BCUT2D eigenvalue weighted by Gasteiger charge is 2.35. The molecule has 1 aliphatic rings. The van der Waals surface area contributed by atoms with Gasteiger partial charge in [-0.3, -0.25) is 9.59 Å². The van der Waals surface area contributed by atoms with Crippen LogP contribution >= 0.6 is 0 Å². The van der Waals surface area contributed by atoms with Crippen molar-refractivity contribution in [3.8, 4) is 11.5 Å². The zero-order valence-electron chi connectivity index (χ0n) is 19.0. The number of carbonyl (C=O) groups is 2. The number of nitrogens with two attached hydrogens (primary N) is 1. The maximum absolute atomic E-state index is 13.0. The molecule has 0 aromatic heterocycles. The Morgan fingerprint density at radius 2 is 1.67 bits per heavy atom. The summed E-state index contributed by atoms with van der Waals surface area (Å²) in [6, 6.07) is 24.8. The molecule has 0 saturated carbocycles. The molecular formula is C27H29N3O3. The molecule has 1 aliphatic heterocycles. The van der Waals surface area contributed by atoms with Crippen molar-refractivity contribution in [1.29, 1.82) is 0 Å². The number of ether oxygens (including phenoxy) is 1. The van der Waals surface area contributed by atoms with E-state index in [1.807, 2.05) is 73.8 Å². The Bertz CT molecular complexity index is 1110. The normalized spacial score (nSPS) is 18.1. The Balaban J connectivity index is 1.41. The lowest BCUT2D eigenvalue weighted by molar-refractivity contribution is -0.121. The summed E-state index contributed by atoms with van der Waals surface area (Å²) in [6.45, 7) is 1.98. The largest absolute Gasteiger partial charge is 0.457 e. The predicted octanol–water partition coefficient (Wildman–Crippen LogP) is 3.88. The third-order valence-corrected chi connectivity index (χ3v) is 6.10. The first-order valence-corrected chi connectivity index (χ1v) is 11.1. The first-order chi connectivity index (χ1) is 15.9. The van der Waals surface area contributed by atoms with E-state index in [0.29, 0.717) is 24.4 Å². The highest BCUT2D eigenvalue weighted by molar-refractivity contribution is 5.94. The van der Waals surface area contributed by atoms with Crippen molar-refractivity contribution >= 4 is 11.8 Å². The van der Waals surface area contributed by atoms with E-state index in [9.17, 15) is 9.59 Å². The monoisotopic (exact) mass is 443 g/mol. The third-order valence-electron chi connectivity index (χ3n) is 6.10. The molecule has 0 radical (unpaired) electrons. The number of benzene rings is 3. The second kappa shape index (κ2) is 9.88. The molecule has 170 valence electrons. The summed E-state index contributed by atoms with van der Waals surface area (Å²) < 4.78 is 5.86. The number of hydrogen-bond donors (Lipinski definition) is 1. The van der Waals surface area contributed by atoms with Gasteiger partial charge in [0.05, 0.1) is 5.92 Å². The van der Waals surface area contributed by atoms with Crippen molar-refractivity contribution in [3.05, 3.63) is 95.6 Å². The predicted molar refractivity (Wildman–Crippen MR) is 128 cm³/mol. The molecule has 1 fully saturated rings. The minimum atomic E-state index is -0.253. The number of para-hydroxylation sites is 1. The van der Waals surface area contributed by atoms with Crippen LogP contribution in [0.15, 0.2) is 78.9 Å². The van der Waals surface area contributed by atoms with Gasteiger partial charge in [-0.1, -0.05) is 48.5 Å². The maximum Gasteiger partial charge on any atom is 0.254 e. The summed E-state index contributed by atoms with van der Waals surface area (Å²) in [6.07, 6.45) is 0. The van der Waals surface area contributed by atoms with Crippen molar-refractivity contribution in [2.45, 2.75) is 12.5 Å². The van der Waals surface area contributed by atoms with Gasteiger partial charge < -0.3 is 20.3 Å². The quantitative estimate of drug-likeness (QED) is 0.601. The molecule has 2 atom stereocenters. The summed E-state index contributed by atoms with van der Waals surface area (Å²) in [5.41, 5.74) is 8.30. The molecule has 1 heterocycles. The summed E-state index contributed by atoms with van der Waals surface area (Å²) >= 11 is 0. The van der Waals surface area contributed by atoms with Gasteiger partial charge in [0, 0.05) is 38.2 Å². The Kier molecular flexibility index (Phi) is 6.75. The minimum Gasteiger partial charge on any atom is -0.457 e. The van der Waals surface area contributed by atoms with E-state index in [0.717, 1.165) is 23.4 Å². The molecule has 3 aromatic carbocycles. The van der Waals surface area contributed by atoms with Gasteiger partial charge in [-0.25, -0.2) is 0 Å². The summed E-state index contributed by atoms with van der Waals surface area (Å²) in [7, 11) is 3.79. The van der Waals surface area contributed by atoms with Crippen molar-refractivity contribution in [1.82, 2.24) is 9.80 Å². The van der Waals surface area contributed by atoms with Crippen LogP contribution in [0.25, 0.3) is 0 Å². The third kappa shape index (κ3) is 5.41. The number of primary amides is 1. The summed E-state index contributed by atoms with van der Waals surface area (Å²) in [5, 5.41) is 0. The summed E-state index contributed by atoms with van der Waals surface area (Å²) in [4.78, 5) is 28.6. The van der Waals surface area contributed by atoms with Gasteiger partial charge in [0.25, 0.3) is 5.91 Å². The van der Waals surface area contributed by atoms with E-state index < -0.39 is 0 Å². The Hall–Kier alpha value is -3.64. The van der Waals surface area contributed by atoms with Gasteiger partial charge in [-0.15, -0.1) is 0 Å². The van der Waals surface area contributed by atoms with Crippen LogP contribution in [-0.2, 0) is 11.3 Å². The van der Waals surface area contributed by atoms with Crippen LogP contribution in [0.5, 0.6) is 11.5 Å². The second-order valence-electron chi connectivity index (χ2n) is 8.68. The number of nitrogens with zero attached hydrogens (tertiary/aromatic N) is 2. The molecule has 6 nitrogen and oxygen atoms in total. The van der Waals surface area contributed by atoms with Crippen LogP contribution in [0.1, 0.15) is 27.4 Å². The van der Waals surface area contributed by atoms with Gasteiger partial charge in [0.15, 0.2) is 0 Å². The van der Waals surface area contributed by atoms with Crippen LogP contribution in [0.4, 0.5) is 0 Å². The van der Waals surface area contributed by atoms with Crippen LogP contribution < -0.4 is 10.5 Å². The SMILES string of the molecule is CN1C[C@H](C(N)=O)[C@@H](c2ccc(CN(C)C(=O)c3cccc(Oc4ccccc4)c3)cc2)C1. The lowest BCUT2D eigenvalue weighted by Gasteiger charge is -2.19. The molecule has 33 heavy (non-hydrogen) atoms. The Morgan fingerprint density at radius 1 is 0.970 bits per heavy atom. The number of amides is 2. The van der Waals surface area contributed by atoms with Gasteiger partial charge in [-0.2, -0.15) is 0 Å². The van der Waals surface area contributed by atoms with Crippen molar-refractivity contribution in [3.63, 3.8) is 0 Å². The fraction of sp³-hybridized carbons (Fsp3) is 0.259. The molecule has 0 spiro atoms. The molecule has 0 unspecified atom stereocenters. The zero-order chi connectivity index (χ0) is 23.4. The van der Waals surface area contributed by atoms with Crippen LogP contribution in [0.2, 0.25) is 0 Å². The van der Waals surface area contributed by atoms with E-state index in [1.165, 1.54) is 0 Å². The molecular weight excluding hydrogens is 414 g/mol. The van der Waals surface area contributed by atoms with Gasteiger partial charge in [-0.05, 0) is 48.5 Å². The molecule has 0 aliphatic carbocycles. The first kappa shape index (κ1) is 22.6. The van der Waals surface area contributed by atoms with E-state index in [2.05, 4.69) is 4.90 Å². The van der Waals surface area contributed by atoms with Gasteiger partial charge >= 0.3 is 0 Å². The standard InChI is InChI=1S/C27H29N3O3/c1-29-17-24(25(18-29)26(28)31)20-13-11-19(12-14-20)16-30(2)27(32)21-7-6-10-23(15-21)33-22-8-4-3-5-9-22/h3-15,24-25H,16-18H2,1-2H3,(H2,28,31)/t24-,25+/m1/s1. The topological polar surface area (TPSA) is 75.9 Å². The molecule has 4 rings (SSSR count). The molecule has 2 N–H and O–H groups in total. The number of hydrogen-bond acceptors (Lipinski definition) is 4. The lowest BCUT2D eigenvalue weighted by atomic mass is 9.88. The smallest absolute Gasteiger partial charge is 0.254 e. The number of likely N-dealkylation sites (tertiary alicyclic amines) is 1. The molecule has 0 bridgehead atoms. The number of likely N-dealkylation sites (N-methyl/N-ethyl adjacent to an activating group) is 1. The fourth-order valence-electron chi connectivity index (χ4n) is 4.38. The zero-order valence-corrected chi connectivity index (χ0v) is 19.0. The van der Waals surface area contributed by atoms with Crippen LogP contribution in [-0.4, -0.2) is 48.8 Å². The van der Waals surface area contributed by atoms with Gasteiger partial charge in [0.2, 0.25) is 5.91 Å². The lowest BCUT2D eigenvalue weighted by Crippen LogP contribution is -2.28. The molecule has 1 saturated heterocycles. The maximum atomic E-state index is 13.0. The average Bonchev–Trinajstić information content (AvgIpc) is 3.22. The van der Waals surface area contributed by atoms with E-state index in [4.69, 9.17) is 10.5 Å². The Labute approximate surface area is 194 Å². The second-order valence-corrected chi connectivity index (χ2v) is 8.68. The van der Waals surface area contributed by atoms with Crippen molar-refractivity contribution < 1.29 is 14.3 Å². The minimum absolute atomic E-state index is 0.0798. The average molecular weight is 444 g/mol. The van der Waals surface area contributed by atoms with Crippen molar-refractivity contribution in [2.24, 2.45) is 11.7 Å². The summed E-state index contributed by atoms with van der Waals surface area (Å²) in [5.74, 6) is 0.947. The molecule has 6 heteroatoms. The first-order valence-electron chi connectivity index (χ1n) is 11.1. The van der Waals surface area contributed by atoms with Gasteiger partial charge in [0.1, 0.15) is 11.5 Å². The Morgan fingerprint density at radius 3 is 2.36 bits per heavy atom. The highest BCUT2D eigenvalue weighted by Crippen LogP contribution is 2.32. The van der Waals surface area contributed by atoms with Crippen molar-refractivity contribution in [2.75, 3.05) is 27.2 Å². The van der Waals surface area contributed by atoms with Crippen LogP contribution in [0, 0.1) is 5.92 Å². The number of rotatable bonds is 7. The van der Waals surface area contributed by atoms with E-state index >= 15 is 0 Å². The molecule has 2 amide bonds. The van der Waals surface area contributed by atoms with Crippen LogP contribution in [0.3, 0.4) is 0 Å². The molecule has 3 aromatic rings.